The summed E-state index contributed by atoms with van der Waals surface area (Å²) in [5.74, 6) is -2.11. The summed E-state index contributed by atoms with van der Waals surface area (Å²) in [6.45, 7) is 0.0410. The van der Waals surface area contributed by atoms with E-state index < -0.39 is 29.6 Å². The SMILES string of the molecule is CONC1=NC[C@@H](c2c(F)cc(OC)cc2F)[C@@H]1NC(=O)Nc1ccc(Cl)nc1. The lowest BCUT2D eigenvalue weighted by Gasteiger charge is -2.24. The maximum Gasteiger partial charge on any atom is 0.319 e. The molecule has 154 valence electrons. The molecule has 0 bridgehead atoms. The van der Waals surface area contributed by atoms with Gasteiger partial charge in [0.2, 0.25) is 0 Å². The largest absolute Gasteiger partial charge is 0.497 e. The predicted octanol–water partition coefficient (Wildman–Crippen LogP) is 2.86. The van der Waals surface area contributed by atoms with Crippen molar-refractivity contribution < 1.29 is 23.1 Å². The van der Waals surface area contributed by atoms with E-state index in [2.05, 4.69) is 26.1 Å². The molecule has 0 radical (unpaired) electrons. The Morgan fingerprint density at radius 3 is 2.55 bits per heavy atom. The molecule has 1 aromatic carbocycles. The Morgan fingerprint density at radius 1 is 1.24 bits per heavy atom. The Morgan fingerprint density at radius 2 is 1.97 bits per heavy atom. The minimum Gasteiger partial charge on any atom is -0.497 e. The molecule has 0 fully saturated rings. The number of hydrogen-bond acceptors (Lipinski definition) is 6. The number of methoxy groups -OCH3 is 1. The number of hydroxylamine groups is 1. The molecule has 2 amide bonds. The fourth-order valence-corrected chi connectivity index (χ4v) is 3.12. The predicted molar refractivity (Wildman–Crippen MR) is 103 cm³/mol. The van der Waals surface area contributed by atoms with E-state index in [-0.39, 0.29) is 28.8 Å². The van der Waals surface area contributed by atoms with Crippen molar-refractivity contribution >= 4 is 29.2 Å². The second-order valence-electron chi connectivity index (χ2n) is 6.09. The lowest BCUT2D eigenvalue weighted by molar-refractivity contribution is 0.141. The first-order chi connectivity index (χ1) is 13.9. The van der Waals surface area contributed by atoms with Gasteiger partial charge in [-0.1, -0.05) is 11.6 Å². The Kier molecular flexibility index (Phi) is 6.45. The van der Waals surface area contributed by atoms with Crippen molar-refractivity contribution in [2.45, 2.75) is 12.0 Å². The summed E-state index contributed by atoms with van der Waals surface area (Å²) in [7, 11) is 2.68. The van der Waals surface area contributed by atoms with E-state index in [9.17, 15) is 13.6 Å². The molecule has 0 saturated heterocycles. The topological polar surface area (TPSA) is 96.9 Å². The second-order valence-corrected chi connectivity index (χ2v) is 6.48. The average Bonchev–Trinajstić information content (AvgIpc) is 3.05. The Balaban J connectivity index is 1.83. The molecule has 3 rings (SSSR count). The third kappa shape index (κ3) is 4.72. The molecule has 0 unspecified atom stereocenters. The molecule has 2 atom stereocenters. The number of amidine groups is 1. The summed E-state index contributed by atoms with van der Waals surface area (Å²) in [6.07, 6.45) is 1.37. The molecular formula is C18H18ClF2N5O3. The van der Waals surface area contributed by atoms with E-state index in [1.165, 1.54) is 26.5 Å². The normalized spacial score (nSPS) is 18.2. The highest BCUT2D eigenvalue weighted by Gasteiger charge is 2.38. The first kappa shape index (κ1) is 20.7. The number of carbonyl (C=O) groups is 1. The van der Waals surface area contributed by atoms with Crippen molar-refractivity contribution in [3.63, 3.8) is 0 Å². The van der Waals surface area contributed by atoms with E-state index in [0.717, 1.165) is 12.1 Å². The van der Waals surface area contributed by atoms with Crippen LogP contribution in [0.15, 0.2) is 35.5 Å². The maximum absolute atomic E-state index is 14.6. The van der Waals surface area contributed by atoms with Gasteiger partial charge in [-0.3, -0.25) is 15.3 Å². The molecule has 3 N–H and O–H groups in total. The number of ether oxygens (including phenoxy) is 1. The number of halogens is 3. The number of benzene rings is 1. The summed E-state index contributed by atoms with van der Waals surface area (Å²) < 4.78 is 34.1. The van der Waals surface area contributed by atoms with Gasteiger partial charge in [0, 0.05) is 23.6 Å². The number of hydrogen-bond donors (Lipinski definition) is 3. The third-order valence-electron chi connectivity index (χ3n) is 4.29. The molecule has 2 aromatic rings. The monoisotopic (exact) mass is 425 g/mol. The van der Waals surface area contributed by atoms with Gasteiger partial charge in [0.15, 0.2) is 0 Å². The molecule has 8 nitrogen and oxygen atoms in total. The average molecular weight is 426 g/mol. The summed E-state index contributed by atoms with van der Waals surface area (Å²) in [4.78, 5) is 25.4. The molecule has 1 aliphatic rings. The minimum absolute atomic E-state index is 0.0410. The second kappa shape index (κ2) is 9.01. The van der Waals surface area contributed by atoms with E-state index >= 15 is 0 Å². The molecule has 11 heteroatoms. The molecule has 2 heterocycles. The van der Waals surface area contributed by atoms with Crippen molar-refractivity contribution in [1.82, 2.24) is 15.8 Å². The van der Waals surface area contributed by atoms with Crippen LogP contribution in [0.1, 0.15) is 11.5 Å². The highest BCUT2D eigenvalue weighted by Crippen LogP contribution is 2.32. The van der Waals surface area contributed by atoms with Gasteiger partial charge in [0.05, 0.1) is 38.7 Å². The van der Waals surface area contributed by atoms with Crippen molar-refractivity contribution in [2.24, 2.45) is 4.99 Å². The van der Waals surface area contributed by atoms with E-state index in [4.69, 9.17) is 21.2 Å². The molecule has 0 saturated carbocycles. The quantitative estimate of drug-likeness (QED) is 0.505. The zero-order valence-electron chi connectivity index (χ0n) is 15.5. The fourth-order valence-electron chi connectivity index (χ4n) is 3.01. The molecule has 0 aliphatic carbocycles. The van der Waals surface area contributed by atoms with Gasteiger partial charge in [0.25, 0.3) is 0 Å². The van der Waals surface area contributed by atoms with Crippen LogP contribution in [0.4, 0.5) is 19.3 Å². The van der Waals surface area contributed by atoms with E-state index in [0.29, 0.717) is 5.69 Å². The summed E-state index contributed by atoms with van der Waals surface area (Å²) in [6, 6.07) is 3.75. The van der Waals surface area contributed by atoms with Crippen LogP contribution in [0.3, 0.4) is 0 Å². The van der Waals surface area contributed by atoms with Crippen LogP contribution in [0, 0.1) is 11.6 Å². The maximum atomic E-state index is 14.6. The minimum atomic E-state index is -0.868. The number of carbonyl (C=O) groups excluding carboxylic acids is 1. The molecule has 29 heavy (non-hydrogen) atoms. The molecule has 1 aliphatic heterocycles. The van der Waals surface area contributed by atoms with Crippen LogP contribution in [-0.2, 0) is 4.84 Å². The Hall–Kier alpha value is -2.98. The number of amides is 2. The van der Waals surface area contributed by atoms with Gasteiger partial charge < -0.3 is 15.4 Å². The standard InChI is InChI=1S/C18H18ClF2N5O3/c1-28-10-5-12(20)15(13(21)6-10)11-8-23-17(26-29-2)16(11)25-18(27)24-9-3-4-14(19)22-7-9/h3-7,11,16H,8H2,1-2H3,(H,23,26)(H2,24,25,27)/t11-,16-/m0/s1. The lowest BCUT2D eigenvalue weighted by Crippen LogP contribution is -2.49. The van der Waals surface area contributed by atoms with Crippen molar-refractivity contribution in [2.75, 3.05) is 26.1 Å². The fraction of sp³-hybridized carbons (Fsp3) is 0.278. The smallest absolute Gasteiger partial charge is 0.319 e. The van der Waals surface area contributed by atoms with Crippen molar-refractivity contribution in [1.29, 1.82) is 0 Å². The number of rotatable bonds is 5. The zero-order valence-corrected chi connectivity index (χ0v) is 16.3. The highest BCUT2D eigenvalue weighted by molar-refractivity contribution is 6.29. The Bertz CT molecular complexity index is 903. The zero-order chi connectivity index (χ0) is 21.0. The third-order valence-corrected chi connectivity index (χ3v) is 4.52. The summed E-state index contributed by atoms with van der Waals surface area (Å²) in [5.41, 5.74) is 2.72. The number of aromatic nitrogens is 1. The van der Waals surface area contributed by atoms with Crippen molar-refractivity contribution in [3.8, 4) is 5.75 Å². The van der Waals surface area contributed by atoms with Gasteiger partial charge in [-0.05, 0) is 12.1 Å². The number of pyridine rings is 1. The van der Waals surface area contributed by atoms with Gasteiger partial charge in [-0.15, -0.1) is 0 Å². The van der Waals surface area contributed by atoms with Crippen LogP contribution in [-0.4, -0.2) is 43.7 Å². The first-order valence-corrected chi connectivity index (χ1v) is 8.86. The lowest BCUT2D eigenvalue weighted by atomic mass is 9.92. The van der Waals surface area contributed by atoms with Gasteiger partial charge >= 0.3 is 6.03 Å². The van der Waals surface area contributed by atoms with Gasteiger partial charge in [-0.2, -0.15) is 0 Å². The van der Waals surface area contributed by atoms with Gasteiger partial charge in [0.1, 0.15) is 28.4 Å². The molecular weight excluding hydrogens is 408 g/mol. The number of nitrogens with one attached hydrogen (secondary N) is 3. The summed E-state index contributed by atoms with van der Waals surface area (Å²) in [5, 5.41) is 5.51. The molecule has 1 aromatic heterocycles. The number of aliphatic imine (C=N–C) groups is 1. The van der Waals surface area contributed by atoms with Crippen LogP contribution in [0.25, 0.3) is 0 Å². The first-order valence-electron chi connectivity index (χ1n) is 8.48. The van der Waals surface area contributed by atoms with E-state index in [1.807, 2.05) is 0 Å². The van der Waals surface area contributed by atoms with E-state index in [1.54, 1.807) is 6.07 Å². The van der Waals surface area contributed by atoms with Crippen LogP contribution in [0.2, 0.25) is 5.15 Å². The molecule has 0 spiro atoms. The highest BCUT2D eigenvalue weighted by atomic mass is 35.5. The summed E-state index contributed by atoms with van der Waals surface area (Å²) >= 11 is 5.72. The number of urea groups is 1. The van der Waals surface area contributed by atoms with Crippen molar-refractivity contribution in [3.05, 3.63) is 52.8 Å². The van der Waals surface area contributed by atoms with Gasteiger partial charge in [-0.25, -0.2) is 18.6 Å². The Labute approximate surface area is 170 Å². The van der Waals surface area contributed by atoms with Crippen LogP contribution >= 0.6 is 11.6 Å². The van der Waals surface area contributed by atoms with Crippen LogP contribution < -0.4 is 20.9 Å². The number of anilines is 1. The number of nitrogens with zero attached hydrogens (tertiary/aromatic N) is 2. The van der Waals surface area contributed by atoms with Crippen LogP contribution in [0.5, 0.6) is 5.75 Å².